The highest BCUT2D eigenvalue weighted by Gasteiger charge is 2.38. The van der Waals surface area contributed by atoms with Gasteiger partial charge in [-0.1, -0.05) is 19.1 Å². The largest absolute Gasteiger partial charge is 0.419 e. The van der Waals surface area contributed by atoms with Crippen molar-refractivity contribution in [2.75, 3.05) is 5.32 Å². The molecular weight excluding hydrogens is 267 g/mol. The Morgan fingerprint density at radius 2 is 2.10 bits per heavy atom. The van der Waals surface area contributed by atoms with Crippen molar-refractivity contribution in [3.05, 3.63) is 47.8 Å². The van der Waals surface area contributed by atoms with Gasteiger partial charge in [0.25, 0.3) is 0 Å². The molecule has 0 radical (unpaired) electrons. The summed E-state index contributed by atoms with van der Waals surface area (Å²) in [6.07, 6.45) is 2.16. The van der Waals surface area contributed by atoms with E-state index in [1.165, 1.54) is 12.3 Å². The van der Waals surface area contributed by atoms with E-state index in [9.17, 15) is 13.2 Å². The molecule has 0 spiro atoms. The number of nitrogens with zero attached hydrogens (tertiary/aromatic N) is 1. The first kappa shape index (κ1) is 14.4. The molecule has 1 aliphatic carbocycles. The van der Waals surface area contributed by atoms with Gasteiger partial charge < -0.3 is 11.1 Å². The molecule has 1 aromatic rings. The number of nitrogens with two attached hydrogens (primary N) is 1. The van der Waals surface area contributed by atoms with E-state index in [0.29, 0.717) is 5.70 Å². The Hall–Kier alpha value is -1.98. The molecule has 0 bridgehead atoms. The van der Waals surface area contributed by atoms with Crippen molar-refractivity contribution >= 4 is 5.82 Å². The number of pyridine rings is 1. The summed E-state index contributed by atoms with van der Waals surface area (Å²) in [5, 5.41) is 2.87. The second kappa shape index (κ2) is 4.85. The molecule has 3 nitrogen and oxygen atoms in total. The van der Waals surface area contributed by atoms with Crippen molar-refractivity contribution in [2.24, 2.45) is 11.7 Å². The zero-order chi connectivity index (χ0) is 15.0. The molecule has 0 saturated carbocycles. The Morgan fingerprint density at radius 1 is 1.40 bits per heavy atom. The first-order chi connectivity index (χ1) is 9.24. The monoisotopic (exact) mass is 283 g/mol. The summed E-state index contributed by atoms with van der Waals surface area (Å²) in [5.74, 6) is -0.329. The third-order valence-electron chi connectivity index (χ3n) is 3.63. The molecule has 0 saturated heterocycles. The second-order valence-electron chi connectivity index (χ2n) is 5.05. The number of nitrogens with one attached hydrogen (secondary N) is 1. The van der Waals surface area contributed by atoms with Crippen LogP contribution in [0.15, 0.2) is 42.3 Å². The molecule has 0 amide bonds. The van der Waals surface area contributed by atoms with Crippen molar-refractivity contribution in [3.63, 3.8) is 0 Å². The molecule has 0 aliphatic heterocycles. The van der Waals surface area contributed by atoms with E-state index in [1.54, 1.807) is 25.2 Å². The summed E-state index contributed by atoms with van der Waals surface area (Å²) < 4.78 is 38.9. The standard InChI is InChI=1S/C14H16F3N3/c1-9-11(18)6-3-7-13(9,2)20-12-10(14(15,16)17)5-4-8-19-12/h3-9H,18H2,1-2H3,(H,19,20). The molecule has 0 fully saturated rings. The topological polar surface area (TPSA) is 50.9 Å². The van der Waals surface area contributed by atoms with E-state index >= 15 is 0 Å². The van der Waals surface area contributed by atoms with Crippen LogP contribution in [0.5, 0.6) is 0 Å². The Labute approximate surface area is 115 Å². The van der Waals surface area contributed by atoms with Gasteiger partial charge in [0, 0.05) is 17.8 Å². The molecule has 2 unspecified atom stereocenters. The normalized spacial score (nSPS) is 26.2. The van der Waals surface area contributed by atoms with E-state index in [4.69, 9.17) is 5.73 Å². The van der Waals surface area contributed by atoms with Crippen LogP contribution >= 0.6 is 0 Å². The lowest BCUT2D eigenvalue weighted by molar-refractivity contribution is -0.137. The van der Waals surface area contributed by atoms with Gasteiger partial charge in [0.15, 0.2) is 0 Å². The van der Waals surface area contributed by atoms with Crippen molar-refractivity contribution in [1.82, 2.24) is 4.98 Å². The predicted octanol–water partition coefficient (Wildman–Crippen LogP) is 3.32. The average Bonchev–Trinajstić information content (AvgIpc) is 2.35. The molecule has 0 aromatic carbocycles. The molecule has 2 rings (SSSR count). The third-order valence-corrected chi connectivity index (χ3v) is 3.63. The van der Waals surface area contributed by atoms with E-state index in [-0.39, 0.29) is 11.7 Å². The van der Waals surface area contributed by atoms with Gasteiger partial charge in [-0.15, -0.1) is 0 Å². The highest BCUT2D eigenvalue weighted by atomic mass is 19.4. The first-order valence-corrected chi connectivity index (χ1v) is 6.19. The Bertz CT molecular complexity index is 563. The smallest absolute Gasteiger partial charge is 0.402 e. The summed E-state index contributed by atoms with van der Waals surface area (Å²) in [6, 6.07) is 2.28. The molecule has 1 aromatic heterocycles. The highest BCUT2D eigenvalue weighted by molar-refractivity contribution is 5.50. The number of rotatable bonds is 2. The summed E-state index contributed by atoms with van der Waals surface area (Å²) in [5.41, 5.74) is 4.98. The van der Waals surface area contributed by atoms with Crippen molar-refractivity contribution in [3.8, 4) is 0 Å². The minimum absolute atomic E-state index is 0.143. The molecule has 108 valence electrons. The van der Waals surface area contributed by atoms with Gasteiger partial charge >= 0.3 is 6.18 Å². The average molecular weight is 283 g/mol. The quantitative estimate of drug-likeness (QED) is 0.875. The minimum Gasteiger partial charge on any atom is -0.402 e. The molecular formula is C14H16F3N3. The van der Waals surface area contributed by atoms with Crippen molar-refractivity contribution < 1.29 is 13.2 Å². The fourth-order valence-electron chi connectivity index (χ4n) is 2.13. The summed E-state index contributed by atoms with van der Waals surface area (Å²) in [4.78, 5) is 3.82. The number of alkyl halides is 3. The number of aromatic nitrogens is 1. The van der Waals surface area contributed by atoms with Crippen LogP contribution in [0.2, 0.25) is 0 Å². The second-order valence-corrected chi connectivity index (χ2v) is 5.05. The Kier molecular flexibility index (Phi) is 3.50. The van der Waals surface area contributed by atoms with Gasteiger partial charge in [-0.25, -0.2) is 4.98 Å². The number of hydrogen-bond acceptors (Lipinski definition) is 3. The lowest BCUT2D eigenvalue weighted by atomic mass is 9.81. The van der Waals surface area contributed by atoms with Gasteiger partial charge in [0.1, 0.15) is 5.82 Å². The number of anilines is 1. The van der Waals surface area contributed by atoms with Crippen LogP contribution in [-0.4, -0.2) is 10.5 Å². The number of allylic oxidation sites excluding steroid dienone is 2. The van der Waals surface area contributed by atoms with Crippen molar-refractivity contribution in [2.45, 2.75) is 25.6 Å². The predicted molar refractivity (Wildman–Crippen MR) is 71.8 cm³/mol. The number of hydrogen-bond donors (Lipinski definition) is 2. The minimum atomic E-state index is -4.45. The Morgan fingerprint density at radius 3 is 2.75 bits per heavy atom. The van der Waals surface area contributed by atoms with E-state index in [0.717, 1.165) is 6.07 Å². The maximum Gasteiger partial charge on any atom is 0.419 e. The molecule has 1 aliphatic rings. The van der Waals surface area contributed by atoms with Gasteiger partial charge in [-0.05, 0) is 25.1 Å². The van der Waals surface area contributed by atoms with Gasteiger partial charge in [0.05, 0.1) is 11.1 Å². The zero-order valence-corrected chi connectivity index (χ0v) is 11.2. The molecule has 2 atom stereocenters. The fraction of sp³-hybridized carbons (Fsp3) is 0.357. The van der Waals surface area contributed by atoms with Crippen LogP contribution in [0.1, 0.15) is 19.4 Å². The molecule has 3 N–H and O–H groups in total. The maximum absolute atomic E-state index is 13.0. The van der Waals surface area contributed by atoms with Crippen LogP contribution in [0.4, 0.5) is 19.0 Å². The Balaban J connectivity index is 2.36. The summed E-state index contributed by atoms with van der Waals surface area (Å²) >= 11 is 0. The van der Waals surface area contributed by atoms with Gasteiger partial charge in [0.2, 0.25) is 0 Å². The first-order valence-electron chi connectivity index (χ1n) is 6.19. The third kappa shape index (κ3) is 2.64. The zero-order valence-electron chi connectivity index (χ0n) is 11.2. The maximum atomic E-state index is 13.0. The SMILES string of the molecule is CC1C(N)=CC=CC1(C)Nc1ncccc1C(F)(F)F. The molecule has 20 heavy (non-hydrogen) atoms. The lowest BCUT2D eigenvalue weighted by Gasteiger charge is -2.37. The lowest BCUT2D eigenvalue weighted by Crippen LogP contribution is -2.43. The van der Waals surface area contributed by atoms with E-state index < -0.39 is 17.3 Å². The highest BCUT2D eigenvalue weighted by Crippen LogP contribution is 2.37. The molecule has 1 heterocycles. The number of halogens is 3. The summed E-state index contributed by atoms with van der Waals surface area (Å²) in [6.45, 7) is 3.65. The van der Waals surface area contributed by atoms with E-state index in [2.05, 4.69) is 10.3 Å². The van der Waals surface area contributed by atoms with Gasteiger partial charge in [-0.2, -0.15) is 13.2 Å². The van der Waals surface area contributed by atoms with E-state index in [1.807, 2.05) is 6.92 Å². The van der Waals surface area contributed by atoms with Crippen LogP contribution in [-0.2, 0) is 6.18 Å². The van der Waals surface area contributed by atoms with Gasteiger partial charge in [-0.3, -0.25) is 0 Å². The summed E-state index contributed by atoms with van der Waals surface area (Å²) in [7, 11) is 0. The van der Waals surface area contributed by atoms with Crippen molar-refractivity contribution in [1.29, 1.82) is 0 Å². The molecule has 6 heteroatoms. The van der Waals surface area contributed by atoms with Crippen LogP contribution in [0.3, 0.4) is 0 Å². The van der Waals surface area contributed by atoms with Crippen LogP contribution in [0, 0.1) is 5.92 Å². The van der Waals surface area contributed by atoms with Crippen LogP contribution < -0.4 is 11.1 Å². The van der Waals surface area contributed by atoms with Crippen LogP contribution in [0.25, 0.3) is 0 Å². The fourth-order valence-corrected chi connectivity index (χ4v) is 2.13.